The van der Waals surface area contributed by atoms with E-state index >= 15 is 0 Å². The number of likely N-dealkylation sites (tertiary alicyclic amines) is 1. The van der Waals surface area contributed by atoms with E-state index < -0.39 is 0 Å². The van der Waals surface area contributed by atoms with Crippen molar-refractivity contribution in [3.8, 4) is 0 Å². The van der Waals surface area contributed by atoms with Gasteiger partial charge in [0.2, 0.25) is 5.91 Å². The summed E-state index contributed by atoms with van der Waals surface area (Å²) < 4.78 is 5.64. The van der Waals surface area contributed by atoms with Crippen LogP contribution in [0.2, 0.25) is 0 Å². The molecule has 1 aromatic heterocycles. The minimum absolute atomic E-state index is 0.0502. The highest BCUT2D eigenvalue weighted by molar-refractivity contribution is 5.81. The lowest BCUT2D eigenvalue weighted by Gasteiger charge is -2.26. The Hall–Kier alpha value is -2.02. The van der Waals surface area contributed by atoms with E-state index in [9.17, 15) is 4.79 Å². The third-order valence-electron chi connectivity index (χ3n) is 4.52. The maximum atomic E-state index is 11.9. The van der Waals surface area contributed by atoms with Crippen molar-refractivity contribution < 1.29 is 9.21 Å². The van der Waals surface area contributed by atoms with Gasteiger partial charge in [0.1, 0.15) is 5.76 Å². The molecule has 3 N–H and O–H groups in total. The monoisotopic (exact) mass is 363 g/mol. The maximum Gasteiger partial charge on any atom is 0.225 e. The van der Waals surface area contributed by atoms with E-state index in [0.29, 0.717) is 13.1 Å². The Morgan fingerprint density at radius 2 is 1.92 bits per heavy atom. The Morgan fingerprint density at radius 3 is 2.50 bits per heavy atom. The van der Waals surface area contributed by atoms with Gasteiger partial charge in [0.15, 0.2) is 5.96 Å². The number of nitrogens with one attached hydrogen (secondary N) is 3. The molecule has 0 bridgehead atoms. The van der Waals surface area contributed by atoms with Crippen molar-refractivity contribution in [1.82, 2.24) is 20.9 Å². The summed E-state index contributed by atoms with van der Waals surface area (Å²) in [7, 11) is 1.75. The summed E-state index contributed by atoms with van der Waals surface area (Å²) in [6, 6.07) is 4.17. The number of rotatable bonds is 7. The second-order valence-corrected chi connectivity index (χ2v) is 7.66. The molecule has 1 saturated heterocycles. The van der Waals surface area contributed by atoms with E-state index in [1.54, 1.807) is 13.3 Å². The summed E-state index contributed by atoms with van der Waals surface area (Å²) in [4.78, 5) is 18.6. The fraction of sp³-hybridized carbons (Fsp3) is 0.684. The quantitative estimate of drug-likeness (QED) is 0.391. The molecule has 1 aromatic rings. The third-order valence-corrected chi connectivity index (χ3v) is 4.52. The molecule has 7 heteroatoms. The molecular formula is C19H33N5O2. The topological polar surface area (TPSA) is 81.9 Å². The Balaban J connectivity index is 1.78. The summed E-state index contributed by atoms with van der Waals surface area (Å²) in [5.41, 5.74) is -0.369. The van der Waals surface area contributed by atoms with Crippen LogP contribution >= 0.6 is 0 Å². The van der Waals surface area contributed by atoms with E-state index in [-0.39, 0.29) is 17.4 Å². The van der Waals surface area contributed by atoms with Crippen molar-refractivity contribution in [2.75, 3.05) is 39.8 Å². The molecule has 1 aliphatic rings. The van der Waals surface area contributed by atoms with Gasteiger partial charge < -0.3 is 20.4 Å². The standard InChI is InChI=1S/C19H33N5O2/c1-19(2,3)17(25)21-9-10-22-18(20-4)23-14-15(16-8-7-13-26-16)24-11-5-6-12-24/h7-8,13,15H,5-6,9-12,14H2,1-4H3,(H,21,25)(H2,20,22,23). The summed E-state index contributed by atoms with van der Waals surface area (Å²) >= 11 is 0. The second kappa shape index (κ2) is 9.62. The highest BCUT2D eigenvalue weighted by Crippen LogP contribution is 2.24. The predicted octanol–water partition coefficient (Wildman–Crippen LogP) is 1.74. The van der Waals surface area contributed by atoms with Gasteiger partial charge >= 0.3 is 0 Å². The van der Waals surface area contributed by atoms with E-state index in [0.717, 1.165) is 31.4 Å². The molecule has 1 aliphatic heterocycles. The Labute approximate surface area is 156 Å². The summed E-state index contributed by atoms with van der Waals surface area (Å²) in [5.74, 6) is 1.76. The van der Waals surface area contributed by atoms with Gasteiger partial charge in [-0.3, -0.25) is 14.7 Å². The first-order chi connectivity index (χ1) is 12.4. The number of nitrogens with zero attached hydrogens (tertiary/aromatic N) is 2. The van der Waals surface area contributed by atoms with Crippen LogP contribution in [-0.2, 0) is 4.79 Å². The average Bonchev–Trinajstić information content (AvgIpc) is 3.29. The van der Waals surface area contributed by atoms with Gasteiger partial charge in [0.25, 0.3) is 0 Å². The van der Waals surface area contributed by atoms with E-state index in [4.69, 9.17) is 4.42 Å². The Kier molecular flexibility index (Phi) is 7.50. The van der Waals surface area contributed by atoms with Crippen LogP contribution in [0, 0.1) is 5.41 Å². The first kappa shape index (κ1) is 20.3. The van der Waals surface area contributed by atoms with Gasteiger partial charge in [0.05, 0.1) is 12.3 Å². The minimum Gasteiger partial charge on any atom is -0.468 e. The smallest absolute Gasteiger partial charge is 0.225 e. The van der Waals surface area contributed by atoms with Crippen LogP contribution in [0.1, 0.15) is 45.4 Å². The van der Waals surface area contributed by atoms with Crippen molar-refractivity contribution in [2.45, 2.75) is 39.7 Å². The third kappa shape index (κ3) is 6.05. The zero-order chi connectivity index (χ0) is 19.0. The Bertz CT molecular complexity index is 571. The van der Waals surface area contributed by atoms with Crippen LogP contribution < -0.4 is 16.0 Å². The first-order valence-electron chi connectivity index (χ1n) is 9.42. The van der Waals surface area contributed by atoms with Crippen LogP contribution in [0.5, 0.6) is 0 Å². The lowest BCUT2D eigenvalue weighted by Crippen LogP contribution is -2.45. The molecule has 1 amide bonds. The molecule has 2 heterocycles. The van der Waals surface area contributed by atoms with Crippen LogP contribution in [0.4, 0.5) is 0 Å². The summed E-state index contributed by atoms with van der Waals surface area (Å²) in [6.45, 7) is 9.81. The summed E-state index contributed by atoms with van der Waals surface area (Å²) in [5, 5.41) is 9.55. The highest BCUT2D eigenvalue weighted by Gasteiger charge is 2.25. The lowest BCUT2D eigenvalue weighted by atomic mass is 9.96. The van der Waals surface area contributed by atoms with Crippen molar-refractivity contribution in [3.05, 3.63) is 24.2 Å². The molecule has 1 atom stereocenters. The van der Waals surface area contributed by atoms with Gasteiger partial charge in [-0.1, -0.05) is 20.8 Å². The number of carbonyl (C=O) groups excluding carboxylic acids is 1. The molecule has 26 heavy (non-hydrogen) atoms. The zero-order valence-electron chi connectivity index (χ0n) is 16.5. The van der Waals surface area contributed by atoms with Gasteiger partial charge in [-0.05, 0) is 38.1 Å². The van der Waals surface area contributed by atoms with Crippen molar-refractivity contribution in [3.63, 3.8) is 0 Å². The molecule has 0 aliphatic carbocycles. The number of hydrogen-bond donors (Lipinski definition) is 3. The first-order valence-corrected chi connectivity index (χ1v) is 9.42. The molecule has 1 fully saturated rings. The number of amides is 1. The molecule has 7 nitrogen and oxygen atoms in total. The predicted molar refractivity (Wildman–Crippen MR) is 104 cm³/mol. The lowest BCUT2D eigenvalue weighted by molar-refractivity contribution is -0.128. The number of furan rings is 1. The zero-order valence-corrected chi connectivity index (χ0v) is 16.5. The normalized spacial score (nSPS) is 17.2. The second-order valence-electron chi connectivity index (χ2n) is 7.66. The van der Waals surface area contributed by atoms with Gasteiger partial charge in [-0.15, -0.1) is 0 Å². The fourth-order valence-electron chi connectivity index (χ4n) is 2.98. The maximum absolute atomic E-state index is 11.9. The SMILES string of the molecule is CN=C(NCCNC(=O)C(C)(C)C)NCC(c1ccco1)N1CCCC1. The number of carbonyl (C=O) groups is 1. The van der Waals surface area contributed by atoms with Crippen LogP contribution in [0.3, 0.4) is 0 Å². The molecular weight excluding hydrogens is 330 g/mol. The average molecular weight is 364 g/mol. The molecule has 146 valence electrons. The number of hydrogen-bond acceptors (Lipinski definition) is 4. The van der Waals surface area contributed by atoms with Gasteiger partial charge in [-0.2, -0.15) is 0 Å². The van der Waals surface area contributed by atoms with Crippen LogP contribution in [-0.4, -0.2) is 56.5 Å². The van der Waals surface area contributed by atoms with Crippen molar-refractivity contribution >= 4 is 11.9 Å². The minimum atomic E-state index is -0.369. The largest absolute Gasteiger partial charge is 0.468 e. The van der Waals surface area contributed by atoms with Gasteiger partial charge in [-0.25, -0.2) is 0 Å². The van der Waals surface area contributed by atoms with E-state index in [1.165, 1.54) is 12.8 Å². The molecule has 0 saturated carbocycles. The van der Waals surface area contributed by atoms with Crippen LogP contribution in [0.25, 0.3) is 0 Å². The molecule has 0 radical (unpaired) electrons. The number of aliphatic imine (C=N–C) groups is 1. The molecule has 0 aromatic carbocycles. The Morgan fingerprint density at radius 1 is 1.23 bits per heavy atom. The molecule has 2 rings (SSSR count). The fourth-order valence-corrected chi connectivity index (χ4v) is 2.98. The molecule has 1 unspecified atom stereocenters. The van der Waals surface area contributed by atoms with Crippen molar-refractivity contribution in [1.29, 1.82) is 0 Å². The van der Waals surface area contributed by atoms with Gasteiger partial charge in [0, 0.05) is 32.1 Å². The van der Waals surface area contributed by atoms with E-state index in [2.05, 4.69) is 25.8 Å². The summed E-state index contributed by atoms with van der Waals surface area (Å²) in [6.07, 6.45) is 4.19. The highest BCUT2D eigenvalue weighted by atomic mass is 16.3. The van der Waals surface area contributed by atoms with Crippen LogP contribution in [0.15, 0.2) is 27.8 Å². The van der Waals surface area contributed by atoms with Crippen molar-refractivity contribution in [2.24, 2.45) is 10.4 Å². The molecule has 0 spiro atoms. The van der Waals surface area contributed by atoms with E-state index in [1.807, 2.05) is 32.9 Å². The number of guanidine groups is 1.